The molecule has 18 heavy (non-hydrogen) atoms. The molecule has 0 saturated heterocycles. The van der Waals surface area contributed by atoms with Crippen molar-refractivity contribution in [3.05, 3.63) is 23.1 Å². The van der Waals surface area contributed by atoms with Crippen LogP contribution in [0.5, 0.6) is 0 Å². The quantitative estimate of drug-likeness (QED) is 0.944. The second-order valence-electron chi connectivity index (χ2n) is 5.04. The van der Waals surface area contributed by atoms with E-state index in [1.54, 1.807) is 6.20 Å². The number of anilines is 1. The van der Waals surface area contributed by atoms with Gasteiger partial charge in [0.25, 0.3) is 0 Å². The molecule has 4 nitrogen and oxygen atoms in total. The average Bonchev–Trinajstić information content (AvgIpc) is 3.00. The Morgan fingerprint density at radius 3 is 3.00 bits per heavy atom. The molecule has 1 aliphatic rings. The Bertz CT molecular complexity index is 545. The van der Waals surface area contributed by atoms with Gasteiger partial charge in [-0.2, -0.15) is 5.10 Å². The van der Waals surface area contributed by atoms with E-state index in [9.17, 15) is 0 Å². The minimum atomic E-state index is 0.466. The van der Waals surface area contributed by atoms with Crippen molar-refractivity contribution in [2.45, 2.75) is 38.6 Å². The van der Waals surface area contributed by atoms with E-state index < -0.39 is 0 Å². The van der Waals surface area contributed by atoms with Crippen molar-refractivity contribution in [3.63, 3.8) is 0 Å². The van der Waals surface area contributed by atoms with E-state index in [1.807, 2.05) is 16.9 Å². The van der Waals surface area contributed by atoms with Crippen LogP contribution < -0.4 is 5.32 Å². The Morgan fingerprint density at radius 1 is 1.44 bits per heavy atom. The van der Waals surface area contributed by atoms with Crippen LogP contribution in [0.25, 0.3) is 5.52 Å². The van der Waals surface area contributed by atoms with Gasteiger partial charge < -0.3 is 5.32 Å². The summed E-state index contributed by atoms with van der Waals surface area (Å²) in [5.74, 6) is 1.69. The summed E-state index contributed by atoms with van der Waals surface area (Å²) in [6, 6.07) is 0.466. The van der Waals surface area contributed by atoms with Gasteiger partial charge in [-0.15, -0.1) is 0 Å². The highest BCUT2D eigenvalue weighted by Gasteiger charge is 2.22. The number of nitrogens with one attached hydrogen (secondary N) is 1. The van der Waals surface area contributed by atoms with Gasteiger partial charge in [-0.1, -0.05) is 12.8 Å². The van der Waals surface area contributed by atoms with Gasteiger partial charge in [0, 0.05) is 18.4 Å². The molecule has 96 valence electrons. The van der Waals surface area contributed by atoms with Gasteiger partial charge in [0.2, 0.25) is 0 Å². The Labute approximate surface area is 115 Å². The first-order valence-electron chi connectivity index (χ1n) is 6.50. The lowest BCUT2D eigenvalue weighted by atomic mass is 10.00. The third kappa shape index (κ3) is 2.11. The molecule has 2 aromatic heterocycles. The normalized spacial score (nSPS) is 18.3. The largest absolute Gasteiger partial charge is 0.366 e. The van der Waals surface area contributed by atoms with E-state index in [4.69, 9.17) is 0 Å². The molecule has 0 spiro atoms. The maximum absolute atomic E-state index is 4.45. The van der Waals surface area contributed by atoms with Crippen molar-refractivity contribution in [2.75, 3.05) is 5.32 Å². The lowest BCUT2D eigenvalue weighted by Gasteiger charge is -2.21. The Hall–Kier alpha value is -1.10. The smallest absolute Gasteiger partial charge is 0.153 e. The first-order chi connectivity index (χ1) is 8.75. The van der Waals surface area contributed by atoms with Crippen molar-refractivity contribution in [2.24, 2.45) is 5.92 Å². The molecule has 5 heteroatoms. The van der Waals surface area contributed by atoms with Crippen LogP contribution in [0.3, 0.4) is 0 Å². The minimum Gasteiger partial charge on any atom is -0.366 e. The fraction of sp³-hybridized carbons (Fsp3) is 0.538. The van der Waals surface area contributed by atoms with E-state index >= 15 is 0 Å². The Morgan fingerprint density at radius 2 is 2.22 bits per heavy atom. The second-order valence-corrected chi connectivity index (χ2v) is 5.89. The Balaban J connectivity index is 1.87. The summed E-state index contributed by atoms with van der Waals surface area (Å²) in [7, 11) is 0. The predicted molar refractivity (Wildman–Crippen MR) is 75.7 cm³/mol. The molecule has 0 bridgehead atoms. The number of hydrogen-bond donors (Lipinski definition) is 1. The third-order valence-corrected chi connectivity index (χ3v) is 4.44. The zero-order chi connectivity index (χ0) is 12.5. The van der Waals surface area contributed by atoms with Crippen molar-refractivity contribution in [1.29, 1.82) is 0 Å². The van der Waals surface area contributed by atoms with E-state index in [2.05, 4.69) is 38.3 Å². The van der Waals surface area contributed by atoms with Crippen molar-refractivity contribution in [1.82, 2.24) is 14.6 Å². The molecule has 0 radical (unpaired) electrons. The summed E-state index contributed by atoms with van der Waals surface area (Å²) in [5, 5.41) is 7.83. The zero-order valence-corrected chi connectivity index (χ0v) is 12.0. The maximum atomic E-state index is 4.45. The fourth-order valence-corrected chi connectivity index (χ4v) is 3.27. The number of halogens is 1. The van der Waals surface area contributed by atoms with Gasteiger partial charge in [0.15, 0.2) is 5.82 Å². The Kier molecular flexibility index (Phi) is 3.24. The van der Waals surface area contributed by atoms with Gasteiger partial charge in [-0.3, -0.25) is 0 Å². The van der Waals surface area contributed by atoms with Crippen LogP contribution in [0.2, 0.25) is 0 Å². The van der Waals surface area contributed by atoms with Gasteiger partial charge in [0.05, 0.1) is 10.7 Å². The maximum Gasteiger partial charge on any atom is 0.153 e. The third-order valence-electron chi connectivity index (χ3n) is 3.86. The zero-order valence-electron chi connectivity index (χ0n) is 10.4. The monoisotopic (exact) mass is 308 g/mol. The van der Waals surface area contributed by atoms with Crippen molar-refractivity contribution in [3.8, 4) is 0 Å². The summed E-state index contributed by atoms with van der Waals surface area (Å²) in [4.78, 5) is 4.45. The molecule has 1 fully saturated rings. The minimum absolute atomic E-state index is 0.466. The molecule has 0 amide bonds. The molecule has 1 aliphatic carbocycles. The molecule has 2 heterocycles. The highest BCUT2D eigenvalue weighted by Crippen LogP contribution is 2.30. The summed E-state index contributed by atoms with van der Waals surface area (Å²) >= 11 is 3.53. The average molecular weight is 309 g/mol. The second kappa shape index (κ2) is 4.88. The summed E-state index contributed by atoms with van der Waals surface area (Å²) in [6.45, 7) is 2.26. The van der Waals surface area contributed by atoms with E-state index in [-0.39, 0.29) is 0 Å². The van der Waals surface area contributed by atoms with Crippen LogP contribution in [0.15, 0.2) is 23.1 Å². The van der Waals surface area contributed by atoms with E-state index in [1.165, 1.54) is 25.7 Å². The van der Waals surface area contributed by atoms with Gasteiger partial charge in [-0.05, 0) is 41.6 Å². The number of hydrogen-bond acceptors (Lipinski definition) is 3. The fourth-order valence-electron chi connectivity index (χ4n) is 2.80. The first kappa shape index (κ1) is 12.0. The molecule has 1 atom stereocenters. The molecule has 1 unspecified atom stereocenters. The van der Waals surface area contributed by atoms with Crippen LogP contribution >= 0.6 is 15.9 Å². The van der Waals surface area contributed by atoms with E-state index in [0.29, 0.717) is 6.04 Å². The van der Waals surface area contributed by atoms with E-state index in [0.717, 1.165) is 21.7 Å². The first-order valence-corrected chi connectivity index (χ1v) is 7.29. The summed E-state index contributed by atoms with van der Waals surface area (Å²) < 4.78 is 2.83. The van der Waals surface area contributed by atoms with Gasteiger partial charge in [-0.25, -0.2) is 9.50 Å². The van der Waals surface area contributed by atoms with Gasteiger partial charge in [0.1, 0.15) is 5.52 Å². The van der Waals surface area contributed by atoms with Crippen LogP contribution in [0.4, 0.5) is 5.82 Å². The standard InChI is InChI=1S/C13H17BrN4/c1-9(10-4-2-3-5-10)17-13-12-11(14)8-16-18(12)7-6-15-13/h6-10H,2-5H2,1H3,(H,15,17). The van der Waals surface area contributed by atoms with Crippen molar-refractivity contribution >= 4 is 27.3 Å². The molecule has 3 rings (SSSR count). The number of aromatic nitrogens is 3. The summed E-state index contributed by atoms with van der Waals surface area (Å²) in [5.41, 5.74) is 1.02. The van der Waals surface area contributed by atoms with Crippen LogP contribution in [-0.2, 0) is 0 Å². The lowest BCUT2D eigenvalue weighted by molar-refractivity contribution is 0.481. The number of nitrogens with zero attached hydrogens (tertiary/aromatic N) is 3. The summed E-state index contributed by atoms with van der Waals surface area (Å²) in [6.07, 6.45) is 10.9. The highest BCUT2D eigenvalue weighted by molar-refractivity contribution is 9.10. The molecular weight excluding hydrogens is 292 g/mol. The molecule has 0 aromatic carbocycles. The van der Waals surface area contributed by atoms with Crippen molar-refractivity contribution < 1.29 is 0 Å². The van der Waals surface area contributed by atoms with Crippen LogP contribution in [-0.4, -0.2) is 20.6 Å². The molecular formula is C13H17BrN4. The lowest BCUT2D eigenvalue weighted by Crippen LogP contribution is -2.24. The van der Waals surface area contributed by atoms with Gasteiger partial charge >= 0.3 is 0 Å². The SMILES string of the molecule is CC(Nc1nccn2ncc(Br)c12)C1CCCC1. The number of fused-ring (bicyclic) bond motifs is 1. The van der Waals surface area contributed by atoms with Crippen LogP contribution in [0, 0.1) is 5.92 Å². The molecule has 0 aliphatic heterocycles. The number of rotatable bonds is 3. The molecule has 1 N–H and O–H groups in total. The van der Waals surface area contributed by atoms with Crippen LogP contribution in [0.1, 0.15) is 32.6 Å². The molecule has 1 saturated carbocycles. The predicted octanol–water partition coefficient (Wildman–Crippen LogP) is 3.48. The highest BCUT2D eigenvalue weighted by atomic mass is 79.9. The molecule has 2 aromatic rings. The topological polar surface area (TPSA) is 42.2 Å².